The Hall–Kier alpha value is -1.35. The molecule has 98 valence electrons. The van der Waals surface area contributed by atoms with Crippen molar-refractivity contribution in [1.29, 1.82) is 0 Å². The van der Waals surface area contributed by atoms with Crippen LogP contribution in [0.15, 0.2) is 24.3 Å². The van der Waals surface area contributed by atoms with E-state index in [2.05, 4.69) is 36.5 Å². The molecular weight excluding hydrogens is 224 g/mol. The predicted molar refractivity (Wildman–Crippen MR) is 73.1 cm³/mol. The number of aryl methyl sites for hydroxylation is 1. The Morgan fingerprint density at radius 1 is 1.33 bits per heavy atom. The van der Waals surface area contributed by atoms with Gasteiger partial charge in [0, 0.05) is 6.04 Å². The van der Waals surface area contributed by atoms with Crippen LogP contribution in [-0.4, -0.2) is 11.9 Å². The van der Waals surface area contributed by atoms with E-state index in [0.29, 0.717) is 0 Å². The summed E-state index contributed by atoms with van der Waals surface area (Å²) in [5.41, 5.74) is 8.32. The zero-order valence-electron chi connectivity index (χ0n) is 11.1. The van der Waals surface area contributed by atoms with E-state index in [1.165, 1.54) is 5.56 Å². The zero-order chi connectivity index (χ0) is 13.1. The fourth-order valence-electron chi connectivity index (χ4n) is 2.57. The molecule has 0 saturated heterocycles. The number of nitrogens with one attached hydrogen (secondary N) is 1. The number of nitrogens with two attached hydrogens (primary N) is 1. The third-order valence-electron chi connectivity index (χ3n) is 3.84. The van der Waals surface area contributed by atoms with Gasteiger partial charge in [-0.05, 0) is 32.3 Å². The van der Waals surface area contributed by atoms with E-state index in [1.807, 2.05) is 6.92 Å². The molecule has 0 radical (unpaired) electrons. The Labute approximate surface area is 109 Å². The molecule has 0 heterocycles. The first-order valence-electron chi connectivity index (χ1n) is 6.70. The first kappa shape index (κ1) is 13.1. The Morgan fingerprint density at radius 2 is 2.00 bits per heavy atom. The molecule has 0 bridgehead atoms. The summed E-state index contributed by atoms with van der Waals surface area (Å²) in [6.07, 6.45) is 2.96. The van der Waals surface area contributed by atoms with Crippen molar-refractivity contribution >= 4 is 5.91 Å². The van der Waals surface area contributed by atoms with E-state index in [4.69, 9.17) is 5.73 Å². The molecule has 18 heavy (non-hydrogen) atoms. The summed E-state index contributed by atoms with van der Waals surface area (Å²) in [6, 6.07) is 8.35. The Kier molecular flexibility index (Phi) is 4.02. The minimum absolute atomic E-state index is 0.00195. The first-order valence-corrected chi connectivity index (χ1v) is 6.70. The minimum atomic E-state index is -0.00195. The van der Waals surface area contributed by atoms with Crippen molar-refractivity contribution in [2.24, 2.45) is 11.7 Å². The molecule has 3 N–H and O–H groups in total. The van der Waals surface area contributed by atoms with Gasteiger partial charge in [0.1, 0.15) is 0 Å². The molecule has 1 aromatic rings. The van der Waals surface area contributed by atoms with E-state index in [9.17, 15) is 4.79 Å². The second-order valence-corrected chi connectivity index (χ2v) is 5.34. The Balaban J connectivity index is 1.96. The average Bonchev–Trinajstić information content (AvgIpc) is 2.76. The van der Waals surface area contributed by atoms with Gasteiger partial charge < -0.3 is 11.1 Å². The lowest BCUT2D eigenvalue weighted by molar-refractivity contribution is -0.125. The van der Waals surface area contributed by atoms with E-state index in [1.54, 1.807) is 0 Å². The molecule has 2 unspecified atom stereocenters. The molecule has 1 fully saturated rings. The van der Waals surface area contributed by atoms with E-state index in [0.717, 1.165) is 24.8 Å². The van der Waals surface area contributed by atoms with Crippen LogP contribution >= 0.6 is 0 Å². The number of benzene rings is 1. The molecular formula is C15H22N2O. The average molecular weight is 246 g/mol. The van der Waals surface area contributed by atoms with Crippen LogP contribution in [0.3, 0.4) is 0 Å². The smallest absolute Gasteiger partial charge is 0.225 e. The number of hydrogen-bond donors (Lipinski definition) is 2. The Bertz CT molecular complexity index is 413. The maximum atomic E-state index is 12.1. The second kappa shape index (κ2) is 5.53. The predicted octanol–water partition coefficient (Wildman–Crippen LogP) is 2.30. The molecule has 1 amide bonds. The molecule has 0 aliphatic heterocycles. The van der Waals surface area contributed by atoms with Crippen molar-refractivity contribution in [3.63, 3.8) is 0 Å². The summed E-state index contributed by atoms with van der Waals surface area (Å²) in [6.45, 7) is 4.08. The van der Waals surface area contributed by atoms with Crippen molar-refractivity contribution in [2.45, 2.75) is 45.2 Å². The maximum absolute atomic E-state index is 12.1. The summed E-state index contributed by atoms with van der Waals surface area (Å²) in [5.74, 6) is 0.103. The molecule has 1 aliphatic carbocycles. The highest BCUT2D eigenvalue weighted by atomic mass is 16.2. The van der Waals surface area contributed by atoms with Gasteiger partial charge in [0.25, 0.3) is 0 Å². The van der Waals surface area contributed by atoms with Crippen molar-refractivity contribution in [3.05, 3.63) is 35.4 Å². The SMILES string of the molecule is Cc1ccc([C@@H](C)NC(=O)C2CCCC2N)cc1. The third kappa shape index (κ3) is 2.91. The highest BCUT2D eigenvalue weighted by molar-refractivity contribution is 5.80. The fraction of sp³-hybridized carbons (Fsp3) is 0.533. The second-order valence-electron chi connectivity index (χ2n) is 5.34. The van der Waals surface area contributed by atoms with Crippen molar-refractivity contribution in [3.8, 4) is 0 Å². The molecule has 1 aromatic carbocycles. The molecule has 3 atom stereocenters. The van der Waals surface area contributed by atoms with Crippen LogP contribution in [0.2, 0.25) is 0 Å². The lowest BCUT2D eigenvalue weighted by Gasteiger charge is -2.20. The lowest BCUT2D eigenvalue weighted by atomic mass is 10.0. The van der Waals surface area contributed by atoms with Gasteiger partial charge in [-0.2, -0.15) is 0 Å². The summed E-state index contributed by atoms with van der Waals surface area (Å²) in [5, 5.41) is 3.07. The van der Waals surface area contributed by atoms with Gasteiger partial charge in [0.05, 0.1) is 12.0 Å². The van der Waals surface area contributed by atoms with Gasteiger partial charge in [0.15, 0.2) is 0 Å². The normalized spacial score (nSPS) is 24.8. The molecule has 3 nitrogen and oxygen atoms in total. The van der Waals surface area contributed by atoms with Crippen molar-refractivity contribution in [2.75, 3.05) is 0 Å². The third-order valence-corrected chi connectivity index (χ3v) is 3.84. The quantitative estimate of drug-likeness (QED) is 0.859. The van der Waals surface area contributed by atoms with E-state index >= 15 is 0 Å². The summed E-state index contributed by atoms with van der Waals surface area (Å²) in [4.78, 5) is 12.1. The molecule has 3 heteroatoms. The molecule has 1 saturated carbocycles. The van der Waals surface area contributed by atoms with Gasteiger partial charge >= 0.3 is 0 Å². The summed E-state index contributed by atoms with van der Waals surface area (Å²) >= 11 is 0. The van der Waals surface area contributed by atoms with Gasteiger partial charge in [-0.15, -0.1) is 0 Å². The van der Waals surface area contributed by atoms with E-state index < -0.39 is 0 Å². The van der Waals surface area contributed by atoms with Crippen LogP contribution in [0.4, 0.5) is 0 Å². The number of carbonyl (C=O) groups excluding carboxylic acids is 1. The molecule has 0 spiro atoms. The number of hydrogen-bond acceptors (Lipinski definition) is 2. The number of rotatable bonds is 3. The van der Waals surface area contributed by atoms with Gasteiger partial charge in [-0.25, -0.2) is 0 Å². The van der Waals surface area contributed by atoms with Crippen LogP contribution in [0.25, 0.3) is 0 Å². The van der Waals surface area contributed by atoms with Crippen LogP contribution in [0.1, 0.15) is 43.4 Å². The van der Waals surface area contributed by atoms with Crippen LogP contribution in [0.5, 0.6) is 0 Å². The summed E-state index contributed by atoms with van der Waals surface area (Å²) < 4.78 is 0. The largest absolute Gasteiger partial charge is 0.349 e. The monoisotopic (exact) mass is 246 g/mol. The van der Waals surface area contributed by atoms with Crippen molar-refractivity contribution in [1.82, 2.24) is 5.32 Å². The fourth-order valence-corrected chi connectivity index (χ4v) is 2.57. The standard InChI is InChI=1S/C15H22N2O/c1-10-6-8-12(9-7-10)11(2)17-15(18)13-4-3-5-14(13)16/h6-9,11,13-14H,3-5,16H2,1-2H3,(H,17,18)/t11-,13?,14?/m1/s1. The number of amides is 1. The van der Waals surface area contributed by atoms with Gasteiger partial charge in [0.2, 0.25) is 5.91 Å². The molecule has 0 aromatic heterocycles. The molecule has 2 rings (SSSR count). The highest BCUT2D eigenvalue weighted by Crippen LogP contribution is 2.25. The maximum Gasteiger partial charge on any atom is 0.225 e. The lowest BCUT2D eigenvalue weighted by Crippen LogP contribution is -2.39. The van der Waals surface area contributed by atoms with Gasteiger partial charge in [-0.1, -0.05) is 36.2 Å². The van der Waals surface area contributed by atoms with E-state index in [-0.39, 0.29) is 23.9 Å². The van der Waals surface area contributed by atoms with Crippen LogP contribution in [-0.2, 0) is 4.79 Å². The van der Waals surface area contributed by atoms with Gasteiger partial charge in [-0.3, -0.25) is 4.79 Å². The summed E-state index contributed by atoms with van der Waals surface area (Å²) in [7, 11) is 0. The zero-order valence-corrected chi connectivity index (χ0v) is 11.1. The number of carbonyl (C=O) groups is 1. The topological polar surface area (TPSA) is 55.1 Å². The molecule has 1 aliphatic rings. The highest BCUT2D eigenvalue weighted by Gasteiger charge is 2.30. The van der Waals surface area contributed by atoms with Crippen LogP contribution < -0.4 is 11.1 Å². The van der Waals surface area contributed by atoms with Crippen LogP contribution in [0, 0.1) is 12.8 Å². The minimum Gasteiger partial charge on any atom is -0.349 e. The van der Waals surface area contributed by atoms with Crippen molar-refractivity contribution < 1.29 is 4.79 Å². The Morgan fingerprint density at radius 3 is 2.56 bits per heavy atom. The first-order chi connectivity index (χ1) is 8.58.